The summed E-state index contributed by atoms with van der Waals surface area (Å²) in [5, 5.41) is 0. The van der Waals surface area contributed by atoms with E-state index in [2.05, 4.69) is 4.98 Å². The van der Waals surface area contributed by atoms with E-state index < -0.39 is 39.5 Å². The van der Waals surface area contributed by atoms with Crippen LogP contribution >= 0.6 is 0 Å². The lowest BCUT2D eigenvalue weighted by Crippen LogP contribution is -2.56. The molecule has 4 rings (SSSR count). The van der Waals surface area contributed by atoms with Crippen LogP contribution in [0.1, 0.15) is 5.56 Å². The van der Waals surface area contributed by atoms with Gasteiger partial charge in [0.25, 0.3) is 0 Å². The molecule has 1 aromatic carbocycles. The van der Waals surface area contributed by atoms with E-state index in [1.165, 1.54) is 36.0 Å². The van der Waals surface area contributed by atoms with E-state index in [-0.39, 0.29) is 23.6 Å². The molecular formula is C17H14F3N3O5S. The summed E-state index contributed by atoms with van der Waals surface area (Å²) < 4.78 is 77.0. The lowest BCUT2D eigenvalue weighted by atomic mass is 10.2. The maximum absolute atomic E-state index is 13.0. The predicted molar refractivity (Wildman–Crippen MR) is 93.9 cm³/mol. The molecule has 2 aromatic heterocycles. The summed E-state index contributed by atoms with van der Waals surface area (Å²) in [7, 11) is -2.46. The zero-order chi connectivity index (χ0) is 21.0. The molecule has 1 aliphatic heterocycles. The van der Waals surface area contributed by atoms with Crippen molar-refractivity contribution in [2.75, 3.05) is 13.1 Å². The largest absolute Gasteiger partial charge is 0.471 e. The molecule has 0 amide bonds. The average molecular weight is 429 g/mol. The van der Waals surface area contributed by atoms with Gasteiger partial charge in [-0.15, -0.1) is 0 Å². The Balaban J connectivity index is 1.51. The highest BCUT2D eigenvalue weighted by molar-refractivity contribution is 7.89. The first-order valence-electron chi connectivity index (χ1n) is 8.36. The van der Waals surface area contributed by atoms with Crippen molar-refractivity contribution in [1.29, 1.82) is 0 Å². The number of sulfonamides is 1. The molecule has 0 saturated carbocycles. The van der Waals surface area contributed by atoms with Gasteiger partial charge in [0.15, 0.2) is 5.58 Å². The van der Waals surface area contributed by atoms with Crippen molar-refractivity contribution in [1.82, 2.24) is 13.9 Å². The van der Waals surface area contributed by atoms with Gasteiger partial charge < -0.3 is 9.15 Å². The van der Waals surface area contributed by atoms with Crippen LogP contribution < -0.4 is 10.5 Å². The lowest BCUT2D eigenvalue weighted by Gasteiger charge is -2.37. The summed E-state index contributed by atoms with van der Waals surface area (Å²) in [5.74, 6) is -1.21. The van der Waals surface area contributed by atoms with Gasteiger partial charge in [-0.3, -0.25) is 4.57 Å². The molecule has 12 heteroatoms. The highest BCUT2D eigenvalue weighted by atomic mass is 32.2. The minimum atomic E-state index is -4.63. The van der Waals surface area contributed by atoms with Gasteiger partial charge in [-0.1, -0.05) is 0 Å². The minimum Gasteiger partial charge on any atom is -0.471 e. The second-order valence-corrected chi connectivity index (χ2v) is 8.41. The fourth-order valence-corrected chi connectivity index (χ4v) is 4.47. The highest BCUT2D eigenvalue weighted by Crippen LogP contribution is 2.36. The van der Waals surface area contributed by atoms with Crippen LogP contribution in [0, 0.1) is 0 Å². The molecule has 29 heavy (non-hydrogen) atoms. The van der Waals surface area contributed by atoms with E-state index in [1.54, 1.807) is 0 Å². The zero-order valence-electron chi connectivity index (χ0n) is 14.9. The van der Waals surface area contributed by atoms with E-state index in [9.17, 15) is 26.4 Å². The monoisotopic (exact) mass is 429 g/mol. The Labute approximate surface area is 162 Å². The Morgan fingerprint density at radius 2 is 1.97 bits per heavy atom. The van der Waals surface area contributed by atoms with Gasteiger partial charge >= 0.3 is 11.9 Å². The molecule has 154 valence electrons. The van der Waals surface area contributed by atoms with Gasteiger partial charge in [-0.05, 0) is 30.3 Å². The van der Waals surface area contributed by atoms with E-state index >= 15 is 0 Å². The van der Waals surface area contributed by atoms with Gasteiger partial charge in [0.1, 0.15) is 11.7 Å². The molecule has 0 aliphatic carbocycles. The number of pyridine rings is 1. The van der Waals surface area contributed by atoms with Gasteiger partial charge in [-0.2, -0.15) is 17.5 Å². The molecular weight excluding hydrogens is 415 g/mol. The van der Waals surface area contributed by atoms with Crippen LogP contribution in [-0.2, 0) is 23.2 Å². The molecule has 0 atom stereocenters. The van der Waals surface area contributed by atoms with Crippen molar-refractivity contribution in [3.63, 3.8) is 0 Å². The highest BCUT2D eigenvalue weighted by Gasteiger charge is 2.41. The number of oxazole rings is 1. The quantitative estimate of drug-likeness (QED) is 0.630. The lowest BCUT2D eigenvalue weighted by molar-refractivity contribution is -0.140. The Morgan fingerprint density at radius 3 is 2.66 bits per heavy atom. The standard InChI is InChI=1S/C17H14F3N3O5S/c1-22-13-7-11(4-5-14(13)28-16(22)24)29(25,26)23-8-10(9-23)27-15-12(17(18,19)20)3-2-6-21-15/h2-7,10H,8-9H2,1H3. The summed E-state index contributed by atoms with van der Waals surface area (Å²) in [5.41, 5.74) is -0.462. The number of aromatic nitrogens is 2. The average Bonchev–Trinajstić information content (AvgIpc) is 2.91. The molecule has 0 spiro atoms. The van der Waals surface area contributed by atoms with Gasteiger partial charge in [0, 0.05) is 13.2 Å². The van der Waals surface area contributed by atoms with Crippen LogP contribution in [-0.4, -0.2) is 41.5 Å². The number of aryl methyl sites for hydroxylation is 1. The minimum absolute atomic E-state index is 0.0614. The number of halogens is 3. The number of rotatable bonds is 4. The molecule has 0 N–H and O–H groups in total. The third kappa shape index (κ3) is 3.38. The first-order valence-corrected chi connectivity index (χ1v) is 9.80. The number of benzene rings is 1. The molecule has 1 saturated heterocycles. The summed E-state index contributed by atoms with van der Waals surface area (Å²) in [4.78, 5) is 15.1. The molecule has 0 unspecified atom stereocenters. The van der Waals surface area contributed by atoms with E-state index in [1.807, 2.05) is 0 Å². The number of ether oxygens (including phenoxy) is 1. The Hall–Kier alpha value is -2.86. The van der Waals surface area contributed by atoms with Gasteiger partial charge in [0.05, 0.1) is 23.5 Å². The fourth-order valence-electron chi connectivity index (χ4n) is 2.95. The maximum Gasteiger partial charge on any atom is 0.421 e. The third-order valence-electron chi connectivity index (χ3n) is 4.57. The van der Waals surface area contributed by atoms with Crippen LogP contribution in [0.3, 0.4) is 0 Å². The molecule has 8 nitrogen and oxygen atoms in total. The second-order valence-electron chi connectivity index (χ2n) is 6.47. The Morgan fingerprint density at radius 1 is 1.24 bits per heavy atom. The summed E-state index contributed by atoms with van der Waals surface area (Å²) in [6, 6.07) is 5.98. The summed E-state index contributed by atoms with van der Waals surface area (Å²) in [6.07, 6.45) is -4.22. The van der Waals surface area contributed by atoms with Gasteiger partial charge in [-0.25, -0.2) is 18.2 Å². The fraction of sp³-hybridized carbons (Fsp3) is 0.294. The summed E-state index contributed by atoms with van der Waals surface area (Å²) in [6.45, 7) is -0.253. The maximum atomic E-state index is 13.0. The molecule has 0 bridgehead atoms. The smallest absolute Gasteiger partial charge is 0.421 e. The molecule has 0 radical (unpaired) electrons. The van der Waals surface area contributed by atoms with Crippen molar-refractivity contribution in [3.8, 4) is 5.88 Å². The van der Waals surface area contributed by atoms with Crippen molar-refractivity contribution in [2.45, 2.75) is 17.2 Å². The Bertz CT molecular complexity index is 1240. The SMILES string of the molecule is Cn1c(=O)oc2ccc(S(=O)(=O)N3CC(Oc4ncccc4C(F)(F)F)C3)cc21. The van der Waals surface area contributed by atoms with Crippen molar-refractivity contribution < 1.29 is 30.7 Å². The number of alkyl halides is 3. The van der Waals surface area contributed by atoms with Crippen LogP contribution in [0.25, 0.3) is 11.1 Å². The van der Waals surface area contributed by atoms with Crippen LogP contribution in [0.2, 0.25) is 0 Å². The summed E-state index contributed by atoms with van der Waals surface area (Å²) >= 11 is 0. The van der Waals surface area contributed by atoms with Crippen LogP contribution in [0.5, 0.6) is 5.88 Å². The molecule has 1 aliphatic rings. The van der Waals surface area contributed by atoms with Crippen LogP contribution in [0.4, 0.5) is 13.2 Å². The predicted octanol–water partition coefficient (Wildman–Crippen LogP) is 2.00. The van der Waals surface area contributed by atoms with Crippen molar-refractivity contribution in [3.05, 3.63) is 52.6 Å². The van der Waals surface area contributed by atoms with E-state index in [0.717, 1.165) is 16.4 Å². The first-order chi connectivity index (χ1) is 13.6. The van der Waals surface area contributed by atoms with Gasteiger partial charge in [0.2, 0.25) is 15.9 Å². The molecule has 1 fully saturated rings. The van der Waals surface area contributed by atoms with Crippen molar-refractivity contribution in [2.24, 2.45) is 7.05 Å². The second kappa shape index (κ2) is 6.59. The van der Waals surface area contributed by atoms with E-state index in [4.69, 9.17) is 9.15 Å². The number of hydrogen-bond acceptors (Lipinski definition) is 6. The molecule has 3 heterocycles. The normalized spacial score (nSPS) is 16.1. The van der Waals surface area contributed by atoms with Crippen LogP contribution in [0.15, 0.2) is 50.6 Å². The molecule has 3 aromatic rings. The van der Waals surface area contributed by atoms with Crippen molar-refractivity contribution >= 4 is 21.1 Å². The number of nitrogens with zero attached hydrogens (tertiary/aromatic N) is 3. The topological polar surface area (TPSA) is 94.6 Å². The van der Waals surface area contributed by atoms with E-state index in [0.29, 0.717) is 5.52 Å². The zero-order valence-corrected chi connectivity index (χ0v) is 15.7. The number of fused-ring (bicyclic) bond motifs is 1. The number of hydrogen-bond donors (Lipinski definition) is 0. The first kappa shape index (κ1) is 19.5. The Kier molecular flexibility index (Phi) is 4.42. The third-order valence-corrected chi connectivity index (χ3v) is 6.40.